The van der Waals surface area contributed by atoms with Crippen LogP contribution in [0.1, 0.15) is 25.4 Å². The standard InChI is InChI=1S/C11H12N2O.C2H6/c1-7-10-5-4-9(14-3)6-11(10)13-8(2)12-7;1-2/h4-6H,1-3H3;1-2H3. The molecule has 2 aromatic rings. The Morgan fingerprint density at radius 1 is 1.06 bits per heavy atom. The summed E-state index contributed by atoms with van der Waals surface area (Å²) in [6, 6.07) is 5.84. The number of aryl methyl sites for hydroxylation is 2. The average molecular weight is 218 g/mol. The van der Waals surface area contributed by atoms with E-state index in [0.29, 0.717) is 0 Å². The van der Waals surface area contributed by atoms with E-state index in [1.54, 1.807) is 7.11 Å². The first kappa shape index (κ1) is 12.4. The fourth-order valence-corrected chi connectivity index (χ4v) is 1.54. The van der Waals surface area contributed by atoms with Crippen LogP contribution in [0.15, 0.2) is 18.2 Å². The van der Waals surface area contributed by atoms with Crippen molar-refractivity contribution >= 4 is 10.9 Å². The van der Waals surface area contributed by atoms with Crippen molar-refractivity contribution in [3.8, 4) is 5.75 Å². The van der Waals surface area contributed by atoms with Gasteiger partial charge in [0.25, 0.3) is 0 Å². The lowest BCUT2D eigenvalue weighted by atomic mass is 10.2. The van der Waals surface area contributed by atoms with Crippen molar-refractivity contribution in [1.82, 2.24) is 9.97 Å². The zero-order chi connectivity index (χ0) is 12.1. The van der Waals surface area contributed by atoms with Crippen LogP contribution in [0.5, 0.6) is 5.75 Å². The van der Waals surface area contributed by atoms with Gasteiger partial charge >= 0.3 is 0 Å². The number of rotatable bonds is 1. The Balaban J connectivity index is 0.000000606. The molecular formula is C13H18N2O. The van der Waals surface area contributed by atoms with E-state index in [-0.39, 0.29) is 0 Å². The molecule has 1 heterocycles. The highest BCUT2D eigenvalue weighted by Gasteiger charge is 2.02. The highest BCUT2D eigenvalue weighted by molar-refractivity contribution is 5.82. The van der Waals surface area contributed by atoms with Gasteiger partial charge in [-0.2, -0.15) is 0 Å². The summed E-state index contributed by atoms with van der Waals surface area (Å²) in [5, 5.41) is 1.08. The van der Waals surface area contributed by atoms with E-state index in [2.05, 4.69) is 9.97 Å². The number of fused-ring (bicyclic) bond motifs is 1. The van der Waals surface area contributed by atoms with Gasteiger partial charge in [0.2, 0.25) is 0 Å². The third-order valence-electron chi connectivity index (χ3n) is 2.21. The summed E-state index contributed by atoms with van der Waals surface area (Å²) in [7, 11) is 1.65. The topological polar surface area (TPSA) is 35.0 Å². The predicted octanol–water partition coefficient (Wildman–Crippen LogP) is 3.28. The number of benzene rings is 1. The summed E-state index contributed by atoms with van der Waals surface area (Å²) >= 11 is 0. The van der Waals surface area contributed by atoms with Gasteiger partial charge in [-0.05, 0) is 26.0 Å². The number of nitrogens with zero attached hydrogens (tertiary/aromatic N) is 2. The molecule has 0 saturated carbocycles. The first-order valence-electron chi connectivity index (χ1n) is 5.49. The fourth-order valence-electron chi connectivity index (χ4n) is 1.54. The van der Waals surface area contributed by atoms with Gasteiger partial charge in [-0.25, -0.2) is 9.97 Å². The van der Waals surface area contributed by atoms with E-state index in [0.717, 1.165) is 28.2 Å². The second kappa shape index (κ2) is 5.45. The molecule has 0 saturated heterocycles. The van der Waals surface area contributed by atoms with Gasteiger partial charge < -0.3 is 4.74 Å². The van der Waals surface area contributed by atoms with Crippen molar-refractivity contribution in [2.75, 3.05) is 7.11 Å². The molecule has 1 aromatic heterocycles. The SMILES string of the molecule is CC.COc1ccc2c(C)nc(C)nc2c1. The van der Waals surface area contributed by atoms with Crippen LogP contribution in [0.3, 0.4) is 0 Å². The van der Waals surface area contributed by atoms with Crippen molar-refractivity contribution in [3.05, 3.63) is 29.7 Å². The molecule has 16 heavy (non-hydrogen) atoms. The van der Waals surface area contributed by atoms with Crippen molar-refractivity contribution in [3.63, 3.8) is 0 Å². The summed E-state index contributed by atoms with van der Waals surface area (Å²) in [6.07, 6.45) is 0. The third kappa shape index (κ3) is 2.48. The molecule has 0 radical (unpaired) electrons. The lowest BCUT2D eigenvalue weighted by Gasteiger charge is -2.04. The van der Waals surface area contributed by atoms with Gasteiger partial charge in [-0.15, -0.1) is 0 Å². The molecule has 0 atom stereocenters. The zero-order valence-corrected chi connectivity index (χ0v) is 10.5. The minimum absolute atomic E-state index is 0.795. The van der Waals surface area contributed by atoms with E-state index in [9.17, 15) is 0 Å². The molecule has 0 fully saturated rings. The average Bonchev–Trinajstić information content (AvgIpc) is 2.30. The molecule has 3 nitrogen and oxygen atoms in total. The molecule has 0 aliphatic carbocycles. The molecular weight excluding hydrogens is 200 g/mol. The molecule has 0 aliphatic heterocycles. The Hall–Kier alpha value is -1.64. The first-order valence-corrected chi connectivity index (χ1v) is 5.49. The minimum atomic E-state index is 0.795. The van der Waals surface area contributed by atoms with E-state index < -0.39 is 0 Å². The van der Waals surface area contributed by atoms with Crippen molar-refractivity contribution in [2.24, 2.45) is 0 Å². The Morgan fingerprint density at radius 2 is 1.75 bits per heavy atom. The van der Waals surface area contributed by atoms with Gasteiger partial charge in [0, 0.05) is 17.1 Å². The normalized spacial score (nSPS) is 9.56. The Kier molecular flexibility index (Phi) is 4.23. The Bertz CT molecular complexity index is 481. The predicted molar refractivity (Wildman–Crippen MR) is 66.9 cm³/mol. The molecule has 0 N–H and O–H groups in total. The molecule has 0 aliphatic rings. The van der Waals surface area contributed by atoms with Gasteiger partial charge in [0.1, 0.15) is 11.6 Å². The van der Waals surface area contributed by atoms with E-state index in [1.807, 2.05) is 45.9 Å². The van der Waals surface area contributed by atoms with Crippen LogP contribution >= 0.6 is 0 Å². The van der Waals surface area contributed by atoms with Crippen molar-refractivity contribution in [1.29, 1.82) is 0 Å². The molecule has 1 aromatic carbocycles. The van der Waals surface area contributed by atoms with Crippen LogP contribution in [-0.2, 0) is 0 Å². The monoisotopic (exact) mass is 218 g/mol. The van der Waals surface area contributed by atoms with E-state index in [1.165, 1.54) is 0 Å². The largest absolute Gasteiger partial charge is 0.497 e. The van der Waals surface area contributed by atoms with Gasteiger partial charge in [0.15, 0.2) is 0 Å². The maximum Gasteiger partial charge on any atom is 0.126 e. The summed E-state index contributed by atoms with van der Waals surface area (Å²) in [4.78, 5) is 8.66. The first-order chi connectivity index (χ1) is 7.70. The second-order valence-corrected chi connectivity index (χ2v) is 3.24. The maximum atomic E-state index is 5.14. The lowest BCUT2D eigenvalue weighted by molar-refractivity contribution is 0.415. The van der Waals surface area contributed by atoms with Crippen LogP contribution in [0, 0.1) is 13.8 Å². The Labute approximate surface area is 96.5 Å². The highest BCUT2D eigenvalue weighted by Crippen LogP contribution is 2.20. The quantitative estimate of drug-likeness (QED) is 0.736. The number of methoxy groups -OCH3 is 1. The van der Waals surface area contributed by atoms with Gasteiger partial charge in [-0.3, -0.25) is 0 Å². The lowest BCUT2D eigenvalue weighted by Crippen LogP contribution is -1.93. The molecule has 0 bridgehead atoms. The molecule has 0 spiro atoms. The molecule has 3 heteroatoms. The third-order valence-corrected chi connectivity index (χ3v) is 2.21. The van der Waals surface area contributed by atoms with Crippen LogP contribution in [0.4, 0.5) is 0 Å². The van der Waals surface area contributed by atoms with Gasteiger partial charge in [0.05, 0.1) is 12.6 Å². The van der Waals surface area contributed by atoms with Crippen LogP contribution in [-0.4, -0.2) is 17.1 Å². The maximum absolute atomic E-state index is 5.14. The van der Waals surface area contributed by atoms with Gasteiger partial charge in [-0.1, -0.05) is 13.8 Å². The summed E-state index contributed by atoms with van der Waals surface area (Å²) in [6.45, 7) is 7.88. The van der Waals surface area contributed by atoms with Crippen molar-refractivity contribution in [2.45, 2.75) is 27.7 Å². The smallest absolute Gasteiger partial charge is 0.126 e. The number of hydrogen-bond donors (Lipinski definition) is 0. The van der Waals surface area contributed by atoms with E-state index in [4.69, 9.17) is 4.74 Å². The zero-order valence-electron chi connectivity index (χ0n) is 10.5. The van der Waals surface area contributed by atoms with Crippen molar-refractivity contribution < 1.29 is 4.74 Å². The fraction of sp³-hybridized carbons (Fsp3) is 0.385. The summed E-state index contributed by atoms with van der Waals surface area (Å²) < 4.78 is 5.14. The minimum Gasteiger partial charge on any atom is -0.497 e. The number of aromatic nitrogens is 2. The summed E-state index contributed by atoms with van der Waals surface area (Å²) in [5.74, 6) is 1.62. The highest BCUT2D eigenvalue weighted by atomic mass is 16.5. The molecule has 0 unspecified atom stereocenters. The van der Waals surface area contributed by atoms with Crippen LogP contribution in [0.25, 0.3) is 10.9 Å². The summed E-state index contributed by atoms with van der Waals surface area (Å²) in [5.41, 5.74) is 1.95. The second-order valence-electron chi connectivity index (χ2n) is 3.24. The number of hydrogen-bond acceptors (Lipinski definition) is 3. The number of ether oxygens (including phenoxy) is 1. The van der Waals surface area contributed by atoms with E-state index >= 15 is 0 Å². The van der Waals surface area contributed by atoms with Crippen LogP contribution < -0.4 is 4.74 Å². The Morgan fingerprint density at radius 3 is 2.38 bits per heavy atom. The molecule has 86 valence electrons. The van der Waals surface area contributed by atoms with Crippen LogP contribution in [0.2, 0.25) is 0 Å². The molecule has 0 amide bonds. The molecule has 2 rings (SSSR count).